The zero-order valence-electron chi connectivity index (χ0n) is 66.5. The lowest BCUT2D eigenvalue weighted by Crippen LogP contribution is -2.30. The number of rotatable bonds is 79. The van der Waals surface area contributed by atoms with Gasteiger partial charge in [-0.15, -0.1) is 0 Å². The second-order valence-electron chi connectivity index (χ2n) is 30.7. The zero-order chi connectivity index (χ0) is 74.6. The number of aliphatic hydroxyl groups is 1. The monoisotopic (exact) mass is 1480 g/mol. The van der Waals surface area contributed by atoms with E-state index >= 15 is 0 Å². The molecule has 5 unspecified atom stereocenters. The van der Waals surface area contributed by atoms with Gasteiger partial charge >= 0.3 is 39.5 Å². The Kier molecular flexibility index (Phi) is 69.6. The SMILES string of the molecule is CCC(C)CCCCCCCCCCCCCCCCCCCCC(=O)OC[C@H](COP(=O)(O)OC[C@@H](O)COP(=O)(O)OC[C@@H](COC(=O)CCCCCCCCC(C)CC)OC(=O)CCCCCCCCCCCCCCCCC(C)C)OC(=O)CCCCCCCCCCC(C)CC. The van der Waals surface area contributed by atoms with Crippen LogP contribution in [0.2, 0.25) is 0 Å². The van der Waals surface area contributed by atoms with Crippen molar-refractivity contribution in [3.05, 3.63) is 0 Å². The van der Waals surface area contributed by atoms with Crippen LogP contribution in [0.5, 0.6) is 0 Å². The van der Waals surface area contributed by atoms with E-state index in [-0.39, 0.29) is 25.7 Å². The van der Waals surface area contributed by atoms with E-state index in [9.17, 15) is 43.2 Å². The Hall–Kier alpha value is -1.94. The fraction of sp³-hybridized carbons (Fsp3) is 0.951. The third-order valence-electron chi connectivity index (χ3n) is 20.2. The molecule has 0 aromatic heterocycles. The summed E-state index contributed by atoms with van der Waals surface area (Å²) < 4.78 is 68.7. The highest BCUT2D eigenvalue weighted by Gasteiger charge is 2.30. The summed E-state index contributed by atoms with van der Waals surface area (Å²) >= 11 is 0. The number of phosphoric acid groups is 2. The summed E-state index contributed by atoms with van der Waals surface area (Å²) in [7, 11) is -9.92. The Balaban J connectivity index is 5.17. The van der Waals surface area contributed by atoms with Crippen LogP contribution in [0.4, 0.5) is 0 Å². The maximum absolute atomic E-state index is 13.1. The molecule has 0 aromatic rings. The smallest absolute Gasteiger partial charge is 0.462 e. The molecule has 0 heterocycles. The maximum atomic E-state index is 13.1. The molecule has 0 fully saturated rings. The van der Waals surface area contributed by atoms with Crippen molar-refractivity contribution in [2.24, 2.45) is 23.7 Å². The molecule has 0 amide bonds. The van der Waals surface area contributed by atoms with Crippen LogP contribution in [0.25, 0.3) is 0 Å². The van der Waals surface area contributed by atoms with Gasteiger partial charge in [0.15, 0.2) is 12.2 Å². The van der Waals surface area contributed by atoms with Gasteiger partial charge in [-0.3, -0.25) is 37.3 Å². The van der Waals surface area contributed by atoms with Crippen LogP contribution in [0.3, 0.4) is 0 Å². The molecule has 0 saturated heterocycles. The number of hydrogen-bond acceptors (Lipinski definition) is 15. The minimum atomic E-state index is -4.96. The van der Waals surface area contributed by atoms with Crippen LogP contribution < -0.4 is 0 Å². The topological polar surface area (TPSA) is 237 Å². The van der Waals surface area contributed by atoms with Gasteiger partial charge in [0.2, 0.25) is 0 Å². The molecule has 19 heteroatoms. The fourth-order valence-electron chi connectivity index (χ4n) is 12.5. The number of carbonyl (C=O) groups excluding carboxylic acids is 4. The summed E-state index contributed by atoms with van der Waals surface area (Å²) in [5, 5.41) is 10.6. The van der Waals surface area contributed by atoms with Crippen molar-refractivity contribution in [1.82, 2.24) is 0 Å². The number of ether oxygens (including phenoxy) is 4. The molecular weight excluding hydrogens is 1320 g/mol. The highest BCUT2D eigenvalue weighted by atomic mass is 31.2. The van der Waals surface area contributed by atoms with Gasteiger partial charge < -0.3 is 33.8 Å². The number of hydrogen-bond donors (Lipinski definition) is 3. The third-order valence-corrected chi connectivity index (χ3v) is 22.1. The average Bonchev–Trinajstić information content (AvgIpc) is 0.919. The molecule has 0 saturated carbocycles. The minimum absolute atomic E-state index is 0.105. The largest absolute Gasteiger partial charge is 0.472 e. The normalized spacial score (nSPS) is 14.8. The molecule has 0 bridgehead atoms. The highest BCUT2D eigenvalue weighted by molar-refractivity contribution is 7.47. The molecule has 0 rings (SSSR count). The molecule has 17 nitrogen and oxygen atoms in total. The van der Waals surface area contributed by atoms with Gasteiger partial charge in [0.1, 0.15) is 19.3 Å². The van der Waals surface area contributed by atoms with Crippen molar-refractivity contribution in [2.75, 3.05) is 39.6 Å². The second kappa shape index (κ2) is 71.0. The Morgan fingerprint density at radius 2 is 0.475 bits per heavy atom. The van der Waals surface area contributed by atoms with Crippen LogP contribution in [0, 0.1) is 23.7 Å². The number of unbranched alkanes of at least 4 members (excludes halogenated alkanes) is 42. The Labute approximate surface area is 619 Å². The van der Waals surface area contributed by atoms with Crippen molar-refractivity contribution in [3.63, 3.8) is 0 Å². The minimum Gasteiger partial charge on any atom is -0.462 e. The van der Waals surface area contributed by atoms with Gasteiger partial charge in [-0.2, -0.15) is 0 Å². The quantitative estimate of drug-likeness (QED) is 0.0222. The third kappa shape index (κ3) is 72.1. The average molecular weight is 1480 g/mol. The van der Waals surface area contributed by atoms with Crippen LogP contribution in [-0.2, 0) is 65.4 Å². The molecule has 0 aliphatic carbocycles. The summed E-state index contributed by atoms with van der Waals surface area (Å²) in [5.74, 6) is 1.05. The van der Waals surface area contributed by atoms with E-state index in [1.165, 1.54) is 218 Å². The molecule has 0 spiro atoms. The predicted octanol–water partition coefficient (Wildman–Crippen LogP) is 24.4. The first-order valence-electron chi connectivity index (χ1n) is 42.3. The molecular formula is C82H160O17P2. The molecule has 3 N–H and O–H groups in total. The van der Waals surface area contributed by atoms with Crippen LogP contribution in [-0.4, -0.2) is 96.7 Å². The summed E-state index contributed by atoms with van der Waals surface area (Å²) in [6, 6.07) is 0. The Morgan fingerprint density at radius 3 is 0.703 bits per heavy atom. The first kappa shape index (κ1) is 99.1. The highest BCUT2D eigenvalue weighted by Crippen LogP contribution is 2.45. The lowest BCUT2D eigenvalue weighted by Gasteiger charge is -2.21. The van der Waals surface area contributed by atoms with E-state index in [0.29, 0.717) is 25.7 Å². The molecule has 0 aliphatic rings. The fourth-order valence-corrected chi connectivity index (χ4v) is 14.1. The first-order valence-corrected chi connectivity index (χ1v) is 45.3. The lowest BCUT2D eigenvalue weighted by atomic mass is 9.99. The number of aliphatic hydroxyl groups excluding tert-OH is 1. The molecule has 0 aliphatic heterocycles. The van der Waals surface area contributed by atoms with Gasteiger partial charge in [0.05, 0.1) is 26.4 Å². The van der Waals surface area contributed by atoms with Gasteiger partial charge in [-0.05, 0) is 49.4 Å². The Morgan fingerprint density at radius 1 is 0.277 bits per heavy atom. The molecule has 0 radical (unpaired) electrons. The standard InChI is InChI=1S/C82H160O17P2/c1-9-73(6)59-51-43-35-29-25-21-16-14-12-13-15-17-22-26-30-37-46-54-62-79(84)92-68-77(99-82(87)65-57-49-39-33-32-36-44-52-60-74(7)10-2)70-96-100(88,89)94-66-76(83)67-95-101(90,91)97-71-78(69-93-80(85)63-55-47-41-40-45-53-61-75(8)11-3)98-81(86)64-56-48-38-31-27-23-19-18-20-24-28-34-42-50-58-72(4)5/h72-78,83H,9-71H2,1-8H3,(H,88,89)(H,90,91)/t73?,74?,75?,76-,77-,78-/m1/s1. The van der Waals surface area contributed by atoms with Crippen LogP contribution in [0.15, 0.2) is 0 Å². The van der Waals surface area contributed by atoms with E-state index < -0.39 is 97.5 Å². The van der Waals surface area contributed by atoms with E-state index in [2.05, 4.69) is 55.4 Å². The van der Waals surface area contributed by atoms with Crippen molar-refractivity contribution in [2.45, 2.75) is 440 Å². The zero-order valence-corrected chi connectivity index (χ0v) is 68.3. The lowest BCUT2D eigenvalue weighted by molar-refractivity contribution is -0.161. The number of esters is 4. The van der Waals surface area contributed by atoms with Gasteiger partial charge in [-0.1, -0.05) is 370 Å². The summed E-state index contributed by atoms with van der Waals surface area (Å²) in [6.45, 7) is 14.3. The molecule has 600 valence electrons. The van der Waals surface area contributed by atoms with Gasteiger partial charge in [-0.25, -0.2) is 9.13 Å². The van der Waals surface area contributed by atoms with Gasteiger partial charge in [0, 0.05) is 25.7 Å². The summed E-state index contributed by atoms with van der Waals surface area (Å²) in [5.41, 5.74) is 0. The van der Waals surface area contributed by atoms with E-state index in [1.54, 1.807) is 0 Å². The van der Waals surface area contributed by atoms with Gasteiger partial charge in [0.25, 0.3) is 0 Å². The molecule has 101 heavy (non-hydrogen) atoms. The first-order chi connectivity index (χ1) is 48.7. The van der Waals surface area contributed by atoms with E-state index in [4.69, 9.17) is 37.0 Å². The van der Waals surface area contributed by atoms with E-state index in [0.717, 1.165) is 120 Å². The van der Waals surface area contributed by atoms with Crippen molar-refractivity contribution >= 4 is 39.5 Å². The van der Waals surface area contributed by atoms with E-state index in [1.807, 2.05) is 0 Å². The van der Waals surface area contributed by atoms with Crippen molar-refractivity contribution in [1.29, 1.82) is 0 Å². The van der Waals surface area contributed by atoms with Crippen molar-refractivity contribution in [3.8, 4) is 0 Å². The second-order valence-corrected chi connectivity index (χ2v) is 33.6. The summed E-state index contributed by atoms with van der Waals surface area (Å²) in [6.07, 6.45) is 58.3. The number of carbonyl (C=O) groups is 4. The van der Waals surface area contributed by atoms with Crippen LogP contribution in [0.1, 0.15) is 421 Å². The van der Waals surface area contributed by atoms with Crippen LogP contribution >= 0.6 is 15.6 Å². The number of phosphoric ester groups is 2. The molecule has 8 atom stereocenters. The van der Waals surface area contributed by atoms with Crippen molar-refractivity contribution < 1.29 is 80.2 Å². The maximum Gasteiger partial charge on any atom is 0.472 e. The molecule has 0 aromatic carbocycles. The Bertz CT molecular complexity index is 1980. The predicted molar refractivity (Wildman–Crippen MR) is 414 cm³/mol. The summed E-state index contributed by atoms with van der Waals surface area (Å²) in [4.78, 5) is 73.0.